The van der Waals surface area contributed by atoms with Gasteiger partial charge in [0.2, 0.25) is 0 Å². The molecule has 0 aliphatic rings. The Labute approximate surface area is 80.6 Å². The van der Waals surface area contributed by atoms with E-state index in [-0.39, 0.29) is 44.3 Å². The van der Waals surface area contributed by atoms with Crippen molar-refractivity contribution >= 4 is 0 Å². The normalized spacial score (nSPS) is 5.33. The van der Waals surface area contributed by atoms with E-state index < -0.39 is 0 Å². The van der Waals surface area contributed by atoms with Gasteiger partial charge in [-0.3, -0.25) is 0 Å². The molecule has 0 saturated carbocycles. The van der Waals surface area contributed by atoms with E-state index in [2.05, 4.69) is 0 Å². The molecule has 0 nitrogen and oxygen atoms in total. The van der Waals surface area contributed by atoms with Crippen LogP contribution in [-0.4, -0.2) is 0 Å². The van der Waals surface area contributed by atoms with Gasteiger partial charge in [-0.15, -0.1) is 0 Å². The van der Waals surface area contributed by atoms with Gasteiger partial charge in [-0.1, -0.05) is 36.4 Å². The molecule has 46 valence electrons. The van der Waals surface area contributed by atoms with Crippen LogP contribution >= 0.6 is 0 Å². The Morgan fingerprint density at radius 3 is 0.667 bits per heavy atom. The van der Waals surface area contributed by atoms with Crippen molar-refractivity contribution in [2.24, 2.45) is 0 Å². The van der Waals surface area contributed by atoms with Crippen LogP contribution in [0, 0.1) is 0 Å². The first-order chi connectivity index (χ1) is 3.00. The molecule has 0 fully saturated rings. The topological polar surface area (TPSA) is 0 Å². The van der Waals surface area contributed by atoms with Gasteiger partial charge in [0.05, 0.1) is 0 Å². The Bertz CT molecular complexity index is 83.0. The van der Waals surface area contributed by atoms with Gasteiger partial charge in [0, 0.05) is 0 Å². The molecule has 1 aromatic carbocycles. The fourth-order valence-corrected chi connectivity index (χ4v) is 0.385. The van der Waals surface area contributed by atoms with Gasteiger partial charge in [-0.25, -0.2) is 0 Å². The number of hydrogen-bond acceptors (Lipinski definition) is 0. The van der Waals surface area contributed by atoms with Crippen LogP contribution in [0.3, 0.4) is 0 Å². The van der Waals surface area contributed by atoms with Crippen LogP contribution in [0.4, 0.5) is 0 Å². The SMILES string of the molecule is [Cl-].[Cl-].[Zn+2].c1ccccc1. The van der Waals surface area contributed by atoms with E-state index in [0.29, 0.717) is 0 Å². The Morgan fingerprint density at radius 2 is 0.556 bits per heavy atom. The second kappa shape index (κ2) is 11.3. The standard InChI is InChI=1S/C6H6.2ClH.Zn/c1-2-4-6-5-3-1;;;/h1-6H;2*1H;/q;;;+2/p-2. The quantitative estimate of drug-likeness (QED) is 0.383. The Balaban J connectivity index is -0.000000120. The fourth-order valence-electron chi connectivity index (χ4n) is 0.385. The van der Waals surface area contributed by atoms with Crippen molar-refractivity contribution in [3.8, 4) is 0 Å². The number of rotatable bonds is 0. The number of benzene rings is 1. The molecule has 0 unspecified atom stereocenters. The molecule has 1 rings (SSSR count). The molecule has 0 amide bonds. The summed E-state index contributed by atoms with van der Waals surface area (Å²) in [5, 5.41) is 0. The summed E-state index contributed by atoms with van der Waals surface area (Å²) in [6.45, 7) is 0. The molecule has 0 heterocycles. The van der Waals surface area contributed by atoms with Crippen LogP contribution in [0.25, 0.3) is 0 Å². The van der Waals surface area contributed by atoms with Crippen LogP contribution in [0.15, 0.2) is 36.4 Å². The van der Waals surface area contributed by atoms with E-state index in [9.17, 15) is 0 Å². The third-order valence-corrected chi connectivity index (χ3v) is 0.667. The summed E-state index contributed by atoms with van der Waals surface area (Å²) >= 11 is 0. The van der Waals surface area contributed by atoms with E-state index in [1.54, 1.807) is 0 Å². The first-order valence-corrected chi connectivity index (χ1v) is 2.00. The summed E-state index contributed by atoms with van der Waals surface area (Å²) in [7, 11) is 0. The maximum Gasteiger partial charge on any atom is 2.00 e. The molecule has 0 atom stereocenters. The van der Waals surface area contributed by atoms with Gasteiger partial charge in [0.1, 0.15) is 0 Å². The minimum absolute atomic E-state index is 0. The van der Waals surface area contributed by atoms with Gasteiger partial charge in [-0.05, 0) is 0 Å². The first kappa shape index (κ1) is 16.2. The minimum Gasteiger partial charge on any atom is -1.00 e. The second-order valence-corrected chi connectivity index (χ2v) is 1.15. The van der Waals surface area contributed by atoms with E-state index in [1.807, 2.05) is 36.4 Å². The van der Waals surface area contributed by atoms with Gasteiger partial charge >= 0.3 is 19.5 Å². The second-order valence-electron chi connectivity index (χ2n) is 1.15. The zero-order chi connectivity index (χ0) is 4.24. The summed E-state index contributed by atoms with van der Waals surface area (Å²) in [5.74, 6) is 0. The Morgan fingerprint density at radius 1 is 0.444 bits per heavy atom. The predicted molar refractivity (Wildman–Crippen MR) is 26.4 cm³/mol. The summed E-state index contributed by atoms with van der Waals surface area (Å²) < 4.78 is 0. The van der Waals surface area contributed by atoms with Gasteiger partial charge in [-0.2, -0.15) is 0 Å². The van der Waals surface area contributed by atoms with Crippen molar-refractivity contribution in [1.82, 2.24) is 0 Å². The number of halogens is 2. The number of hydrogen-bond donors (Lipinski definition) is 0. The van der Waals surface area contributed by atoms with E-state index in [4.69, 9.17) is 0 Å². The maximum atomic E-state index is 2.00. The summed E-state index contributed by atoms with van der Waals surface area (Å²) in [6, 6.07) is 12.0. The largest absolute Gasteiger partial charge is 2.00 e. The molecule has 0 aliphatic carbocycles. The van der Waals surface area contributed by atoms with Crippen LogP contribution < -0.4 is 24.8 Å². The average Bonchev–Trinajstić information content (AvgIpc) is 1.72. The summed E-state index contributed by atoms with van der Waals surface area (Å²) in [5.41, 5.74) is 0. The van der Waals surface area contributed by atoms with Gasteiger partial charge in [0.25, 0.3) is 0 Å². The molecule has 0 aromatic heterocycles. The third-order valence-electron chi connectivity index (χ3n) is 0.667. The molecule has 0 spiro atoms. The molecule has 1 aromatic rings. The molecule has 0 aliphatic heterocycles. The molecular weight excluding hydrogens is 208 g/mol. The monoisotopic (exact) mass is 212 g/mol. The van der Waals surface area contributed by atoms with Crippen LogP contribution in [0.1, 0.15) is 0 Å². The first-order valence-electron chi connectivity index (χ1n) is 2.00. The van der Waals surface area contributed by atoms with E-state index in [1.165, 1.54) is 0 Å². The molecule has 0 bridgehead atoms. The van der Waals surface area contributed by atoms with Crippen LogP contribution in [-0.2, 0) is 19.5 Å². The molecule has 0 saturated heterocycles. The predicted octanol–water partition coefficient (Wildman–Crippen LogP) is -4.31. The molecule has 0 N–H and O–H groups in total. The van der Waals surface area contributed by atoms with Gasteiger partial charge < -0.3 is 24.8 Å². The Kier molecular flexibility index (Phi) is 20.3. The minimum atomic E-state index is 0. The van der Waals surface area contributed by atoms with Crippen molar-refractivity contribution in [2.45, 2.75) is 0 Å². The van der Waals surface area contributed by atoms with E-state index >= 15 is 0 Å². The zero-order valence-corrected chi connectivity index (χ0v) is 9.41. The fraction of sp³-hybridized carbons (Fsp3) is 0. The molecule has 0 radical (unpaired) electrons. The molecule has 3 heteroatoms. The van der Waals surface area contributed by atoms with Crippen molar-refractivity contribution in [2.75, 3.05) is 0 Å². The molecule has 9 heavy (non-hydrogen) atoms. The smallest absolute Gasteiger partial charge is 1.00 e. The van der Waals surface area contributed by atoms with Crippen molar-refractivity contribution in [3.05, 3.63) is 36.4 Å². The van der Waals surface area contributed by atoms with Crippen LogP contribution in [0.2, 0.25) is 0 Å². The van der Waals surface area contributed by atoms with Gasteiger partial charge in [0.15, 0.2) is 0 Å². The Hall–Kier alpha value is 0.423. The van der Waals surface area contributed by atoms with Crippen molar-refractivity contribution in [3.63, 3.8) is 0 Å². The van der Waals surface area contributed by atoms with E-state index in [0.717, 1.165) is 0 Å². The summed E-state index contributed by atoms with van der Waals surface area (Å²) in [6.07, 6.45) is 0. The summed E-state index contributed by atoms with van der Waals surface area (Å²) in [4.78, 5) is 0. The van der Waals surface area contributed by atoms with Crippen molar-refractivity contribution < 1.29 is 44.3 Å². The zero-order valence-electron chi connectivity index (χ0n) is 4.93. The van der Waals surface area contributed by atoms with Crippen LogP contribution in [0.5, 0.6) is 0 Å². The average molecular weight is 214 g/mol. The molecular formula is C6H6Cl2Zn. The maximum absolute atomic E-state index is 2.00. The third kappa shape index (κ3) is 8.42. The van der Waals surface area contributed by atoms with Crippen molar-refractivity contribution in [1.29, 1.82) is 0 Å².